The maximum absolute atomic E-state index is 13.3. The number of aliphatic carboxylic acids is 1. The van der Waals surface area contributed by atoms with Crippen LogP contribution in [0.1, 0.15) is 31.4 Å². The van der Waals surface area contributed by atoms with Crippen LogP contribution >= 0.6 is 12.6 Å². The molecule has 2 aromatic rings. The third kappa shape index (κ3) is 10.5. The Morgan fingerprint density at radius 1 is 0.744 bits per heavy atom. The molecule has 0 spiro atoms. The highest BCUT2D eigenvalue weighted by Gasteiger charge is 2.30. The summed E-state index contributed by atoms with van der Waals surface area (Å²) in [5.41, 5.74) is 7.40. The second kappa shape index (κ2) is 15.0. The zero-order valence-electron chi connectivity index (χ0n) is 21.8. The van der Waals surface area contributed by atoms with E-state index >= 15 is 0 Å². The molecule has 39 heavy (non-hydrogen) atoms. The topological polar surface area (TPSA) is 191 Å². The second-order valence-corrected chi connectivity index (χ2v) is 10.0. The Morgan fingerprint density at radius 2 is 1.18 bits per heavy atom. The number of amides is 3. The van der Waals surface area contributed by atoms with Gasteiger partial charge in [0.05, 0.1) is 6.04 Å². The number of carboxylic acids is 1. The Bertz CT molecular complexity index is 1130. The fourth-order valence-corrected chi connectivity index (χ4v) is 4.01. The number of nitrogens with two attached hydrogens (primary N) is 1. The Morgan fingerprint density at radius 3 is 1.64 bits per heavy atom. The highest BCUT2D eigenvalue weighted by Crippen LogP contribution is 2.14. The average Bonchev–Trinajstić information content (AvgIpc) is 2.88. The van der Waals surface area contributed by atoms with Crippen LogP contribution in [-0.2, 0) is 32.0 Å². The highest BCUT2D eigenvalue weighted by atomic mass is 32.1. The van der Waals surface area contributed by atoms with Gasteiger partial charge in [0.25, 0.3) is 0 Å². The molecule has 0 aliphatic rings. The molecule has 4 atom stereocenters. The van der Waals surface area contributed by atoms with E-state index in [-0.39, 0.29) is 42.4 Å². The molecule has 0 aliphatic carbocycles. The number of hydrogen-bond donors (Lipinski definition) is 8. The number of carbonyl (C=O) groups excluding carboxylic acids is 3. The van der Waals surface area contributed by atoms with Crippen LogP contribution in [-0.4, -0.2) is 68.9 Å². The molecule has 212 valence electrons. The fourth-order valence-electron chi connectivity index (χ4n) is 3.77. The second-order valence-electron chi connectivity index (χ2n) is 9.68. The standard InChI is InChI=1S/C27H36N4O7S/c1-15(2)11-21(29-24(34)20(28)12-16-3-7-18(32)8-4-16)25(35)30-22(13-17-5-9-19(33)10-6-17)26(36)31-23(14-39)27(37)38/h3-10,15,20-23,32-33,39H,11-14,28H2,1-2H3,(H,29,34)(H,30,35)(H,31,36)(H,37,38). The van der Waals surface area contributed by atoms with E-state index in [2.05, 4.69) is 28.6 Å². The molecule has 12 heteroatoms. The SMILES string of the molecule is CC(C)CC(NC(=O)C(N)Cc1ccc(O)cc1)C(=O)NC(Cc1ccc(O)cc1)C(=O)NC(CS)C(=O)O. The number of benzene rings is 2. The maximum Gasteiger partial charge on any atom is 0.327 e. The average molecular weight is 561 g/mol. The van der Waals surface area contributed by atoms with Crippen LogP contribution in [0.4, 0.5) is 0 Å². The molecule has 0 aromatic heterocycles. The van der Waals surface area contributed by atoms with Gasteiger partial charge in [-0.05, 0) is 54.2 Å². The quantitative estimate of drug-likeness (QED) is 0.155. The molecule has 8 N–H and O–H groups in total. The van der Waals surface area contributed by atoms with Gasteiger partial charge in [0, 0.05) is 12.2 Å². The number of phenolic OH excluding ortho intramolecular Hbond substituents is 2. The molecule has 2 rings (SSSR count). The van der Waals surface area contributed by atoms with Gasteiger partial charge in [0.15, 0.2) is 0 Å². The number of carboxylic acid groups (broad SMARTS) is 1. The largest absolute Gasteiger partial charge is 0.508 e. The summed E-state index contributed by atoms with van der Waals surface area (Å²) in [6, 6.07) is 7.81. The molecular weight excluding hydrogens is 524 g/mol. The van der Waals surface area contributed by atoms with E-state index < -0.39 is 47.9 Å². The zero-order chi connectivity index (χ0) is 29.1. The van der Waals surface area contributed by atoms with Crippen molar-refractivity contribution in [3.8, 4) is 11.5 Å². The van der Waals surface area contributed by atoms with Gasteiger partial charge in [-0.25, -0.2) is 4.79 Å². The summed E-state index contributed by atoms with van der Waals surface area (Å²) >= 11 is 3.96. The third-order valence-corrected chi connectivity index (χ3v) is 6.24. The first kappa shape index (κ1) is 31.4. The van der Waals surface area contributed by atoms with Crippen molar-refractivity contribution in [1.29, 1.82) is 0 Å². The molecule has 11 nitrogen and oxygen atoms in total. The monoisotopic (exact) mass is 560 g/mol. The van der Waals surface area contributed by atoms with Crippen LogP contribution in [0.15, 0.2) is 48.5 Å². The van der Waals surface area contributed by atoms with Crippen molar-refractivity contribution in [2.24, 2.45) is 11.7 Å². The summed E-state index contributed by atoms with van der Waals surface area (Å²) in [6.45, 7) is 3.74. The number of nitrogens with one attached hydrogen (secondary N) is 3. The Hall–Kier alpha value is -3.77. The molecule has 3 amide bonds. The predicted molar refractivity (Wildman–Crippen MR) is 148 cm³/mol. The van der Waals surface area contributed by atoms with E-state index in [1.807, 2.05) is 13.8 Å². The lowest BCUT2D eigenvalue weighted by molar-refractivity contribution is -0.141. The van der Waals surface area contributed by atoms with E-state index in [0.29, 0.717) is 5.56 Å². The van der Waals surface area contributed by atoms with Gasteiger partial charge in [0.1, 0.15) is 29.6 Å². The van der Waals surface area contributed by atoms with Crippen molar-refractivity contribution in [3.63, 3.8) is 0 Å². The smallest absolute Gasteiger partial charge is 0.327 e. The van der Waals surface area contributed by atoms with Crippen molar-refractivity contribution < 1.29 is 34.5 Å². The summed E-state index contributed by atoms with van der Waals surface area (Å²) in [7, 11) is 0. The molecule has 0 aliphatic heterocycles. The molecular formula is C27H36N4O7S. The number of rotatable bonds is 14. The number of aromatic hydroxyl groups is 2. The van der Waals surface area contributed by atoms with Crippen molar-refractivity contribution >= 4 is 36.3 Å². The molecule has 0 fully saturated rings. The first-order valence-electron chi connectivity index (χ1n) is 12.5. The summed E-state index contributed by atoms with van der Waals surface area (Å²) in [4.78, 5) is 50.7. The third-order valence-electron chi connectivity index (χ3n) is 5.88. The molecule has 4 unspecified atom stereocenters. The van der Waals surface area contributed by atoms with Crippen LogP contribution in [0.2, 0.25) is 0 Å². The van der Waals surface area contributed by atoms with E-state index in [1.54, 1.807) is 24.3 Å². The molecule has 0 heterocycles. The molecule has 0 bridgehead atoms. The summed E-state index contributed by atoms with van der Waals surface area (Å²) in [5, 5.41) is 36.0. The van der Waals surface area contributed by atoms with Crippen LogP contribution in [0, 0.1) is 5.92 Å². The lowest BCUT2D eigenvalue weighted by atomic mass is 10.00. The highest BCUT2D eigenvalue weighted by molar-refractivity contribution is 7.80. The summed E-state index contributed by atoms with van der Waals surface area (Å²) < 4.78 is 0. The van der Waals surface area contributed by atoms with Crippen LogP contribution in [0.3, 0.4) is 0 Å². The number of phenols is 2. The van der Waals surface area contributed by atoms with Crippen LogP contribution in [0.25, 0.3) is 0 Å². The number of hydrogen-bond acceptors (Lipinski definition) is 8. The summed E-state index contributed by atoms with van der Waals surface area (Å²) in [5.74, 6) is -3.27. The van der Waals surface area contributed by atoms with Crippen molar-refractivity contribution in [2.45, 2.75) is 57.3 Å². The summed E-state index contributed by atoms with van der Waals surface area (Å²) in [6.07, 6.45) is 0.430. The van der Waals surface area contributed by atoms with Gasteiger partial charge >= 0.3 is 5.97 Å². The zero-order valence-corrected chi connectivity index (χ0v) is 22.7. The van der Waals surface area contributed by atoms with Crippen molar-refractivity contribution in [1.82, 2.24) is 16.0 Å². The van der Waals surface area contributed by atoms with Gasteiger partial charge in [0.2, 0.25) is 17.7 Å². The Kier molecular flexibility index (Phi) is 12.1. The van der Waals surface area contributed by atoms with Crippen molar-refractivity contribution in [3.05, 3.63) is 59.7 Å². The van der Waals surface area contributed by atoms with Crippen LogP contribution < -0.4 is 21.7 Å². The number of thiol groups is 1. The first-order chi connectivity index (χ1) is 18.4. The predicted octanol–water partition coefficient (Wildman–Crippen LogP) is 0.725. The van der Waals surface area contributed by atoms with Gasteiger partial charge in [-0.1, -0.05) is 38.1 Å². The Labute approximate surface area is 232 Å². The van der Waals surface area contributed by atoms with Gasteiger partial charge in [-0.3, -0.25) is 14.4 Å². The number of carbonyl (C=O) groups is 4. The lowest BCUT2D eigenvalue weighted by Crippen LogP contribution is -2.58. The first-order valence-corrected chi connectivity index (χ1v) is 13.1. The minimum absolute atomic E-state index is 0.000521. The van der Waals surface area contributed by atoms with E-state index in [1.165, 1.54) is 24.3 Å². The van der Waals surface area contributed by atoms with E-state index in [0.717, 1.165) is 5.56 Å². The normalized spacial score (nSPS) is 14.1. The van der Waals surface area contributed by atoms with Crippen molar-refractivity contribution in [2.75, 3.05) is 5.75 Å². The molecule has 0 saturated carbocycles. The van der Waals surface area contributed by atoms with Gasteiger partial charge < -0.3 is 37.0 Å². The maximum atomic E-state index is 13.3. The fraction of sp³-hybridized carbons (Fsp3) is 0.407. The van der Waals surface area contributed by atoms with E-state index in [9.17, 15) is 34.5 Å². The minimum Gasteiger partial charge on any atom is -0.508 e. The lowest BCUT2D eigenvalue weighted by Gasteiger charge is -2.26. The molecule has 0 saturated heterocycles. The Balaban J connectivity index is 2.19. The van der Waals surface area contributed by atoms with Gasteiger partial charge in [-0.2, -0.15) is 12.6 Å². The van der Waals surface area contributed by atoms with Gasteiger partial charge in [-0.15, -0.1) is 0 Å². The molecule has 2 aromatic carbocycles. The minimum atomic E-state index is -1.28. The molecule has 0 radical (unpaired) electrons. The van der Waals surface area contributed by atoms with Crippen LogP contribution in [0.5, 0.6) is 11.5 Å². The van der Waals surface area contributed by atoms with E-state index in [4.69, 9.17) is 5.73 Å².